The van der Waals surface area contributed by atoms with E-state index >= 15 is 0 Å². The predicted octanol–water partition coefficient (Wildman–Crippen LogP) is 0.863. The average molecular weight is 262 g/mol. The van der Waals surface area contributed by atoms with E-state index in [1.165, 1.54) is 12.0 Å². The number of rotatable bonds is 2. The van der Waals surface area contributed by atoms with E-state index in [4.69, 9.17) is 9.47 Å². The monoisotopic (exact) mass is 262 g/mol. The van der Waals surface area contributed by atoms with E-state index in [1.54, 1.807) is 29.2 Å². The molecule has 0 saturated carbocycles. The van der Waals surface area contributed by atoms with Crippen LogP contribution < -0.4 is 9.64 Å². The average Bonchev–Trinajstić information content (AvgIpc) is 2.71. The van der Waals surface area contributed by atoms with Crippen LogP contribution in [0.1, 0.15) is 0 Å². The van der Waals surface area contributed by atoms with Crippen LogP contribution in [-0.2, 0) is 9.53 Å². The van der Waals surface area contributed by atoms with Gasteiger partial charge in [-0.05, 0) is 12.1 Å². The minimum atomic E-state index is -0.508. The molecule has 1 aromatic carbocycles. The Morgan fingerprint density at radius 1 is 1.32 bits per heavy atom. The van der Waals surface area contributed by atoms with Crippen molar-refractivity contribution >= 4 is 17.6 Å². The van der Waals surface area contributed by atoms with Gasteiger partial charge in [-0.2, -0.15) is 0 Å². The fourth-order valence-corrected chi connectivity index (χ4v) is 2.45. The number of hydrogen-bond acceptors (Lipinski definition) is 4. The molecule has 2 aliphatic rings. The van der Waals surface area contributed by atoms with Gasteiger partial charge in [-0.25, -0.2) is 9.69 Å². The molecule has 0 aromatic heterocycles. The number of ether oxygens (including phenoxy) is 2. The lowest BCUT2D eigenvalue weighted by atomic mass is 10.2. The Kier molecular flexibility index (Phi) is 2.87. The second-order valence-corrected chi connectivity index (χ2v) is 4.41. The van der Waals surface area contributed by atoms with Gasteiger partial charge in [-0.3, -0.25) is 4.79 Å². The van der Waals surface area contributed by atoms with Crippen molar-refractivity contribution in [2.24, 2.45) is 0 Å². The zero-order valence-corrected chi connectivity index (χ0v) is 10.5. The summed E-state index contributed by atoms with van der Waals surface area (Å²) in [6.45, 7) is 1.17. The molecule has 6 heteroatoms. The molecule has 2 fully saturated rings. The van der Waals surface area contributed by atoms with E-state index in [2.05, 4.69) is 0 Å². The highest BCUT2D eigenvalue weighted by Gasteiger charge is 2.47. The molecule has 3 amide bonds. The normalized spacial score (nSPS) is 22.7. The number of carbonyl (C=O) groups is 2. The van der Waals surface area contributed by atoms with E-state index < -0.39 is 6.04 Å². The lowest BCUT2D eigenvalue weighted by Crippen LogP contribution is -2.45. The van der Waals surface area contributed by atoms with Crippen LogP contribution in [0.25, 0.3) is 0 Å². The highest BCUT2D eigenvalue weighted by Crippen LogP contribution is 2.33. The molecular weight excluding hydrogens is 248 g/mol. The molecule has 19 heavy (non-hydrogen) atoms. The maximum atomic E-state index is 12.3. The van der Waals surface area contributed by atoms with E-state index in [-0.39, 0.29) is 18.5 Å². The van der Waals surface area contributed by atoms with Crippen molar-refractivity contribution in [1.29, 1.82) is 0 Å². The van der Waals surface area contributed by atoms with E-state index in [9.17, 15) is 9.59 Å². The van der Waals surface area contributed by atoms with Gasteiger partial charge in [-0.1, -0.05) is 12.1 Å². The minimum Gasteiger partial charge on any atom is -0.495 e. The number of para-hydroxylation sites is 2. The number of methoxy groups -OCH3 is 1. The molecule has 0 radical (unpaired) electrons. The molecule has 2 saturated heterocycles. The number of benzene rings is 1. The highest BCUT2D eigenvalue weighted by atomic mass is 16.5. The number of nitrogens with zero attached hydrogens (tertiary/aromatic N) is 2. The summed E-state index contributed by atoms with van der Waals surface area (Å²) in [5, 5.41) is 0. The standard InChI is InChI=1S/C13H14N2O4/c1-18-11-5-3-2-4-9(11)15-12(16)10-8-19-7-6-14(10)13(15)17/h2-5,10H,6-8H2,1H3. The van der Waals surface area contributed by atoms with Crippen LogP contribution in [-0.4, -0.2) is 49.7 Å². The summed E-state index contributed by atoms with van der Waals surface area (Å²) in [5.41, 5.74) is 0.481. The Balaban J connectivity index is 2.00. The first-order chi connectivity index (χ1) is 9.24. The minimum absolute atomic E-state index is 0.255. The van der Waals surface area contributed by atoms with Gasteiger partial charge in [0.1, 0.15) is 11.8 Å². The van der Waals surface area contributed by atoms with Crippen molar-refractivity contribution in [3.63, 3.8) is 0 Å². The third kappa shape index (κ3) is 1.76. The molecule has 0 spiro atoms. The first-order valence-corrected chi connectivity index (χ1v) is 6.09. The fourth-order valence-electron chi connectivity index (χ4n) is 2.45. The first kappa shape index (κ1) is 12.0. The van der Waals surface area contributed by atoms with Crippen LogP contribution >= 0.6 is 0 Å². The van der Waals surface area contributed by atoms with Crippen molar-refractivity contribution in [2.75, 3.05) is 31.8 Å². The summed E-state index contributed by atoms with van der Waals surface area (Å²) >= 11 is 0. The van der Waals surface area contributed by atoms with Crippen LogP contribution in [0.3, 0.4) is 0 Å². The van der Waals surface area contributed by atoms with Crippen LogP contribution in [0.15, 0.2) is 24.3 Å². The Labute approximate surface area is 110 Å². The molecule has 0 N–H and O–H groups in total. The number of urea groups is 1. The quantitative estimate of drug-likeness (QED) is 0.742. The van der Waals surface area contributed by atoms with Crippen LogP contribution in [0, 0.1) is 0 Å². The molecule has 2 heterocycles. The molecule has 100 valence electrons. The molecule has 1 aromatic rings. The molecule has 1 atom stereocenters. The first-order valence-electron chi connectivity index (χ1n) is 6.09. The van der Waals surface area contributed by atoms with Crippen molar-refractivity contribution < 1.29 is 19.1 Å². The maximum absolute atomic E-state index is 12.3. The summed E-state index contributed by atoms with van der Waals surface area (Å²) in [7, 11) is 1.51. The second-order valence-electron chi connectivity index (χ2n) is 4.41. The molecule has 1 unspecified atom stereocenters. The van der Waals surface area contributed by atoms with Crippen LogP contribution in [0.2, 0.25) is 0 Å². The van der Waals surface area contributed by atoms with Gasteiger partial charge in [0.25, 0.3) is 5.91 Å². The Morgan fingerprint density at radius 3 is 2.84 bits per heavy atom. The smallest absolute Gasteiger partial charge is 0.332 e. The van der Waals surface area contributed by atoms with Gasteiger partial charge in [0.2, 0.25) is 0 Å². The largest absolute Gasteiger partial charge is 0.495 e. The number of carbonyl (C=O) groups excluding carboxylic acids is 2. The maximum Gasteiger partial charge on any atom is 0.332 e. The van der Waals surface area contributed by atoms with Gasteiger partial charge >= 0.3 is 6.03 Å². The number of anilines is 1. The Bertz CT molecular complexity index is 507. The van der Waals surface area contributed by atoms with Gasteiger partial charge in [0, 0.05) is 6.54 Å². The van der Waals surface area contributed by atoms with E-state index in [1.807, 2.05) is 0 Å². The number of imide groups is 1. The highest BCUT2D eigenvalue weighted by molar-refractivity contribution is 6.22. The molecular formula is C13H14N2O4. The molecule has 0 aliphatic carbocycles. The zero-order chi connectivity index (χ0) is 13.4. The van der Waals surface area contributed by atoms with Gasteiger partial charge in [0.05, 0.1) is 26.0 Å². The van der Waals surface area contributed by atoms with Crippen molar-refractivity contribution in [3.05, 3.63) is 24.3 Å². The topological polar surface area (TPSA) is 59.1 Å². The number of hydrogen-bond donors (Lipinski definition) is 0. The Hall–Kier alpha value is -2.08. The Morgan fingerprint density at radius 2 is 2.11 bits per heavy atom. The summed E-state index contributed by atoms with van der Waals surface area (Å²) in [4.78, 5) is 27.4. The molecule has 6 nitrogen and oxygen atoms in total. The molecule has 2 aliphatic heterocycles. The summed E-state index contributed by atoms with van der Waals surface area (Å²) in [6.07, 6.45) is 0. The van der Waals surface area contributed by atoms with Crippen molar-refractivity contribution in [1.82, 2.24) is 4.90 Å². The van der Waals surface area contributed by atoms with E-state index in [0.717, 1.165) is 0 Å². The molecule has 3 rings (SSSR count). The molecule has 0 bridgehead atoms. The SMILES string of the molecule is COc1ccccc1N1C(=O)C2COCCN2C1=O. The number of morpholine rings is 1. The van der Waals surface area contributed by atoms with Crippen molar-refractivity contribution in [2.45, 2.75) is 6.04 Å². The number of amides is 3. The van der Waals surface area contributed by atoms with Crippen LogP contribution in [0.4, 0.5) is 10.5 Å². The summed E-state index contributed by atoms with van der Waals surface area (Å²) in [5.74, 6) is 0.249. The third-order valence-electron chi connectivity index (χ3n) is 3.40. The summed E-state index contributed by atoms with van der Waals surface area (Å²) < 4.78 is 10.5. The lowest BCUT2D eigenvalue weighted by Gasteiger charge is -2.26. The van der Waals surface area contributed by atoms with Crippen LogP contribution in [0.5, 0.6) is 5.75 Å². The second kappa shape index (κ2) is 4.55. The lowest BCUT2D eigenvalue weighted by molar-refractivity contribution is -0.123. The summed E-state index contributed by atoms with van der Waals surface area (Å²) in [6, 6.07) is 6.18. The van der Waals surface area contributed by atoms with Gasteiger partial charge < -0.3 is 14.4 Å². The fraction of sp³-hybridized carbons (Fsp3) is 0.385. The zero-order valence-electron chi connectivity index (χ0n) is 10.5. The van der Waals surface area contributed by atoms with Gasteiger partial charge in [0.15, 0.2) is 0 Å². The van der Waals surface area contributed by atoms with E-state index in [0.29, 0.717) is 24.6 Å². The third-order valence-corrected chi connectivity index (χ3v) is 3.40. The predicted molar refractivity (Wildman–Crippen MR) is 67.2 cm³/mol. The van der Waals surface area contributed by atoms with Crippen molar-refractivity contribution in [3.8, 4) is 5.75 Å². The van der Waals surface area contributed by atoms with Gasteiger partial charge in [-0.15, -0.1) is 0 Å². The number of fused-ring (bicyclic) bond motifs is 1.